The van der Waals surface area contributed by atoms with Crippen molar-refractivity contribution in [2.24, 2.45) is 11.8 Å². The number of hydrogen-bond donors (Lipinski definition) is 1. The van der Waals surface area contributed by atoms with Crippen LogP contribution in [0.15, 0.2) is 24.3 Å². The molecular formula is C18H28O4. The molecule has 0 amide bonds. The molecule has 0 fully saturated rings. The van der Waals surface area contributed by atoms with Crippen LogP contribution in [-0.2, 0) is 20.1 Å². The zero-order valence-corrected chi connectivity index (χ0v) is 14.0. The van der Waals surface area contributed by atoms with Gasteiger partial charge < -0.3 is 14.6 Å². The number of benzene rings is 1. The van der Waals surface area contributed by atoms with E-state index in [1.807, 2.05) is 0 Å². The molecule has 1 aromatic rings. The fraction of sp³-hybridized carbons (Fsp3) is 0.611. The van der Waals surface area contributed by atoms with Gasteiger partial charge in [-0.15, -0.1) is 0 Å². The van der Waals surface area contributed by atoms with Gasteiger partial charge in [0.2, 0.25) is 0 Å². The Balaban J connectivity index is 2.89. The molecule has 124 valence electrons. The first-order chi connectivity index (χ1) is 10.4. The summed E-state index contributed by atoms with van der Waals surface area (Å²) in [6.45, 7) is 9.30. The molecule has 0 aromatic heterocycles. The lowest BCUT2D eigenvalue weighted by Crippen LogP contribution is -2.36. The maximum absolute atomic E-state index is 11.8. The molecule has 0 bridgehead atoms. The zero-order chi connectivity index (χ0) is 16.6. The summed E-state index contributed by atoms with van der Waals surface area (Å²) >= 11 is 0. The molecule has 0 aliphatic rings. The van der Waals surface area contributed by atoms with Crippen LogP contribution in [0.1, 0.15) is 46.1 Å². The first-order valence-electron chi connectivity index (χ1n) is 7.93. The van der Waals surface area contributed by atoms with Crippen LogP contribution in [0.4, 0.5) is 0 Å². The number of aromatic hydroxyl groups is 1. The van der Waals surface area contributed by atoms with Crippen molar-refractivity contribution >= 4 is 6.29 Å². The van der Waals surface area contributed by atoms with Gasteiger partial charge in [-0.3, -0.25) is 4.79 Å². The maximum atomic E-state index is 11.8. The van der Waals surface area contributed by atoms with Gasteiger partial charge >= 0.3 is 0 Å². The fourth-order valence-corrected chi connectivity index (χ4v) is 1.93. The molecule has 0 spiro atoms. The van der Waals surface area contributed by atoms with Gasteiger partial charge in [-0.25, -0.2) is 0 Å². The van der Waals surface area contributed by atoms with Gasteiger partial charge in [0.25, 0.3) is 5.79 Å². The lowest BCUT2D eigenvalue weighted by molar-refractivity contribution is -0.228. The molecule has 4 nitrogen and oxygen atoms in total. The summed E-state index contributed by atoms with van der Waals surface area (Å²) in [7, 11) is 0. The SMILES string of the molecule is CC(C)CCOC(C=O)(OCCC(C)C)c1ccc(O)cc1. The molecule has 4 heteroatoms. The largest absolute Gasteiger partial charge is 0.508 e. The summed E-state index contributed by atoms with van der Waals surface area (Å²) in [6.07, 6.45) is 2.41. The molecule has 1 aromatic carbocycles. The van der Waals surface area contributed by atoms with Crippen LogP contribution in [0.2, 0.25) is 0 Å². The Kier molecular flexibility index (Phi) is 7.56. The topological polar surface area (TPSA) is 55.8 Å². The van der Waals surface area contributed by atoms with Gasteiger partial charge in [0.15, 0.2) is 6.29 Å². The van der Waals surface area contributed by atoms with E-state index in [9.17, 15) is 9.90 Å². The Morgan fingerprint density at radius 1 is 1.00 bits per heavy atom. The van der Waals surface area contributed by atoms with E-state index < -0.39 is 5.79 Å². The van der Waals surface area contributed by atoms with Gasteiger partial charge in [0.1, 0.15) is 5.75 Å². The number of ether oxygens (including phenoxy) is 2. The Bertz CT molecular complexity index is 423. The molecule has 0 saturated heterocycles. The number of rotatable bonds is 10. The van der Waals surface area contributed by atoms with Crippen molar-refractivity contribution in [3.63, 3.8) is 0 Å². The molecule has 0 saturated carbocycles. The van der Waals surface area contributed by atoms with Crippen molar-refractivity contribution in [1.82, 2.24) is 0 Å². The van der Waals surface area contributed by atoms with Crippen molar-refractivity contribution in [2.45, 2.75) is 46.3 Å². The summed E-state index contributed by atoms with van der Waals surface area (Å²) in [6, 6.07) is 6.39. The highest BCUT2D eigenvalue weighted by molar-refractivity contribution is 5.64. The molecular weight excluding hydrogens is 280 g/mol. The molecule has 0 radical (unpaired) electrons. The third-order valence-corrected chi connectivity index (χ3v) is 3.45. The number of carbonyl (C=O) groups is 1. The van der Waals surface area contributed by atoms with Crippen LogP contribution in [0, 0.1) is 11.8 Å². The van der Waals surface area contributed by atoms with Crippen LogP contribution >= 0.6 is 0 Å². The summed E-state index contributed by atoms with van der Waals surface area (Å²) < 4.78 is 11.7. The average Bonchev–Trinajstić information content (AvgIpc) is 2.46. The van der Waals surface area contributed by atoms with Gasteiger partial charge in [-0.1, -0.05) is 27.7 Å². The number of phenols is 1. The second kappa shape index (κ2) is 8.91. The third-order valence-electron chi connectivity index (χ3n) is 3.45. The number of aldehydes is 1. The zero-order valence-electron chi connectivity index (χ0n) is 14.0. The van der Waals surface area contributed by atoms with Crippen molar-refractivity contribution in [2.75, 3.05) is 13.2 Å². The quantitative estimate of drug-likeness (QED) is 0.526. The van der Waals surface area contributed by atoms with E-state index in [2.05, 4.69) is 27.7 Å². The Labute approximate surface area is 133 Å². The molecule has 0 atom stereocenters. The van der Waals surface area contributed by atoms with Gasteiger partial charge in [0.05, 0.1) is 13.2 Å². The highest BCUT2D eigenvalue weighted by Crippen LogP contribution is 2.28. The fourth-order valence-electron chi connectivity index (χ4n) is 1.93. The summed E-state index contributed by atoms with van der Waals surface area (Å²) in [5.74, 6) is -0.273. The Hall–Kier alpha value is -1.39. The van der Waals surface area contributed by atoms with Gasteiger partial charge in [0, 0.05) is 5.56 Å². The van der Waals surface area contributed by atoms with E-state index in [-0.39, 0.29) is 5.75 Å². The standard InChI is InChI=1S/C18H28O4/c1-14(2)9-11-21-18(13-19,22-12-10-15(3)4)16-5-7-17(20)8-6-16/h5-8,13-15,20H,9-12H2,1-4H3. The molecule has 0 aliphatic heterocycles. The third kappa shape index (κ3) is 5.78. The lowest BCUT2D eigenvalue weighted by atomic mass is 10.1. The predicted octanol–water partition coefficient (Wildman–Crippen LogP) is 3.87. The van der Waals surface area contributed by atoms with E-state index >= 15 is 0 Å². The minimum Gasteiger partial charge on any atom is -0.508 e. The smallest absolute Gasteiger partial charge is 0.253 e. The van der Waals surface area contributed by atoms with Crippen LogP contribution in [-0.4, -0.2) is 24.6 Å². The normalized spacial score (nSPS) is 12.1. The first kappa shape index (κ1) is 18.7. The number of phenolic OH excluding ortho intramolecular Hbond substituents is 1. The van der Waals surface area contributed by atoms with E-state index in [1.165, 1.54) is 12.1 Å². The van der Waals surface area contributed by atoms with Crippen LogP contribution in [0.5, 0.6) is 5.75 Å². The maximum Gasteiger partial charge on any atom is 0.253 e. The van der Waals surface area contributed by atoms with Crippen LogP contribution in [0.25, 0.3) is 0 Å². The molecule has 1 rings (SSSR count). The molecule has 1 N–H and O–H groups in total. The number of carbonyl (C=O) groups excluding carboxylic acids is 1. The first-order valence-corrected chi connectivity index (χ1v) is 7.93. The van der Waals surface area contributed by atoms with Crippen LogP contribution < -0.4 is 0 Å². The van der Waals surface area contributed by atoms with E-state index in [0.29, 0.717) is 36.9 Å². The second-order valence-electron chi connectivity index (χ2n) is 6.39. The number of hydrogen-bond acceptors (Lipinski definition) is 4. The van der Waals surface area contributed by atoms with Crippen molar-refractivity contribution < 1.29 is 19.4 Å². The summed E-state index contributed by atoms with van der Waals surface area (Å²) in [5.41, 5.74) is 0.604. The molecule has 0 heterocycles. The van der Waals surface area contributed by atoms with Gasteiger partial charge in [-0.2, -0.15) is 0 Å². The Morgan fingerprint density at radius 2 is 1.45 bits per heavy atom. The summed E-state index contributed by atoms with van der Waals surface area (Å²) in [4.78, 5) is 11.8. The average molecular weight is 308 g/mol. The highest BCUT2D eigenvalue weighted by Gasteiger charge is 2.34. The molecule has 0 unspecified atom stereocenters. The van der Waals surface area contributed by atoms with E-state index in [1.54, 1.807) is 12.1 Å². The minimum atomic E-state index is -1.39. The predicted molar refractivity (Wildman–Crippen MR) is 86.7 cm³/mol. The van der Waals surface area contributed by atoms with Gasteiger partial charge in [-0.05, 0) is 48.9 Å². The van der Waals surface area contributed by atoms with Crippen molar-refractivity contribution in [1.29, 1.82) is 0 Å². The highest BCUT2D eigenvalue weighted by atomic mass is 16.7. The monoisotopic (exact) mass is 308 g/mol. The summed E-state index contributed by atoms with van der Waals surface area (Å²) in [5, 5.41) is 9.42. The Morgan fingerprint density at radius 3 is 1.82 bits per heavy atom. The molecule has 0 aliphatic carbocycles. The second-order valence-corrected chi connectivity index (χ2v) is 6.39. The van der Waals surface area contributed by atoms with E-state index in [0.717, 1.165) is 12.8 Å². The van der Waals surface area contributed by atoms with Crippen molar-refractivity contribution in [3.8, 4) is 5.75 Å². The van der Waals surface area contributed by atoms with Crippen molar-refractivity contribution in [3.05, 3.63) is 29.8 Å². The minimum absolute atomic E-state index is 0.146. The molecule has 22 heavy (non-hydrogen) atoms. The van der Waals surface area contributed by atoms with Crippen LogP contribution in [0.3, 0.4) is 0 Å². The van der Waals surface area contributed by atoms with E-state index in [4.69, 9.17) is 9.47 Å². The lowest BCUT2D eigenvalue weighted by Gasteiger charge is -2.29.